The van der Waals surface area contributed by atoms with Gasteiger partial charge in [-0.05, 0) is 47.9 Å². The van der Waals surface area contributed by atoms with E-state index in [0.717, 1.165) is 21.2 Å². The lowest BCUT2D eigenvalue weighted by Gasteiger charge is -2.29. The average Bonchev–Trinajstić information content (AvgIpc) is 3.12. The quantitative estimate of drug-likeness (QED) is 0.802. The Labute approximate surface area is 158 Å². The van der Waals surface area contributed by atoms with Gasteiger partial charge in [-0.3, -0.25) is 4.79 Å². The Morgan fingerprint density at radius 2 is 1.78 bits per heavy atom. The van der Waals surface area contributed by atoms with Crippen LogP contribution in [-0.4, -0.2) is 51.0 Å². The molecule has 2 aliphatic heterocycles. The number of benzene rings is 2. The second-order valence-electron chi connectivity index (χ2n) is 6.77. The minimum absolute atomic E-state index is 0.110. The standard InChI is InChI=1S/C19H20N2O5S/c1-20(2)27(23,24)16-5-3-4-14(8-16)19(22)21-7-6-13-9-17-18(26-12-25-17)10-15(13)11-21/h3-5,8-10H,6-7,11-12H2,1-2H3. The Bertz CT molecular complexity index is 1020. The van der Waals surface area contributed by atoms with E-state index in [-0.39, 0.29) is 17.6 Å². The summed E-state index contributed by atoms with van der Waals surface area (Å²) in [4.78, 5) is 14.8. The molecule has 0 unspecified atom stereocenters. The summed E-state index contributed by atoms with van der Waals surface area (Å²) in [6.45, 7) is 1.24. The van der Waals surface area contributed by atoms with E-state index in [1.54, 1.807) is 17.0 Å². The SMILES string of the molecule is CN(C)S(=O)(=O)c1cccc(C(=O)N2CCc3cc4c(cc3C2)OCO4)c1. The molecule has 7 nitrogen and oxygen atoms in total. The molecule has 0 radical (unpaired) electrons. The molecule has 0 fully saturated rings. The lowest BCUT2D eigenvalue weighted by atomic mass is 9.98. The topological polar surface area (TPSA) is 76.2 Å². The van der Waals surface area contributed by atoms with Gasteiger partial charge in [-0.15, -0.1) is 0 Å². The second-order valence-corrected chi connectivity index (χ2v) is 8.92. The second kappa shape index (κ2) is 6.54. The van der Waals surface area contributed by atoms with E-state index in [2.05, 4.69) is 0 Å². The van der Waals surface area contributed by atoms with Crippen LogP contribution in [-0.2, 0) is 23.0 Å². The summed E-state index contributed by atoms with van der Waals surface area (Å²) in [5, 5.41) is 0. The first-order chi connectivity index (χ1) is 12.9. The van der Waals surface area contributed by atoms with E-state index in [4.69, 9.17) is 9.47 Å². The van der Waals surface area contributed by atoms with Gasteiger partial charge in [0.2, 0.25) is 16.8 Å². The molecule has 4 rings (SSSR count). The summed E-state index contributed by atoms with van der Waals surface area (Å²) in [6, 6.07) is 10.1. The van der Waals surface area contributed by atoms with Crippen LogP contribution < -0.4 is 9.47 Å². The fraction of sp³-hybridized carbons (Fsp3) is 0.316. The van der Waals surface area contributed by atoms with E-state index < -0.39 is 10.0 Å². The van der Waals surface area contributed by atoms with Crippen molar-refractivity contribution < 1.29 is 22.7 Å². The molecule has 0 saturated carbocycles. The molecule has 0 aliphatic carbocycles. The first-order valence-electron chi connectivity index (χ1n) is 8.59. The highest BCUT2D eigenvalue weighted by Crippen LogP contribution is 2.37. The van der Waals surface area contributed by atoms with Crippen molar-refractivity contribution in [2.45, 2.75) is 17.9 Å². The van der Waals surface area contributed by atoms with Gasteiger partial charge in [-0.2, -0.15) is 0 Å². The number of hydrogen-bond acceptors (Lipinski definition) is 5. The van der Waals surface area contributed by atoms with E-state index in [9.17, 15) is 13.2 Å². The molecule has 0 spiro atoms. The summed E-state index contributed by atoms with van der Waals surface area (Å²) in [6.07, 6.45) is 0.716. The fourth-order valence-corrected chi connectivity index (χ4v) is 4.25. The molecule has 2 heterocycles. The highest BCUT2D eigenvalue weighted by Gasteiger charge is 2.26. The van der Waals surface area contributed by atoms with Gasteiger partial charge in [0.05, 0.1) is 4.90 Å². The zero-order valence-electron chi connectivity index (χ0n) is 15.1. The minimum atomic E-state index is -3.59. The number of nitrogens with zero attached hydrogens (tertiary/aromatic N) is 2. The van der Waals surface area contributed by atoms with E-state index >= 15 is 0 Å². The lowest BCUT2D eigenvalue weighted by Crippen LogP contribution is -2.36. The zero-order chi connectivity index (χ0) is 19.2. The van der Waals surface area contributed by atoms with Crippen molar-refractivity contribution in [1.82, 2.24) is 9.21 Å². The van der Waals surface area contributed by atoms with Crippen LogP contribution in [0.5, 0.6) is 11.5 Å². The van der Waals surface area contributed by atoms with Crippen LogP contribution in [0, 0.1) is 0 Å². The summed E-state index contributed by atoms with van der Waals surface area (Å²) in [5.74, 6) is 1.26. The zero-order valence-corrected chi connectivity index (χ0v) is 16.0. The summed E-state index contributed by atoms with van der Waals surface area (Å²) >= 11 is 0. The van der Waals surface area contributed by atoms with Gasteiger partial charge < -0.3 is 14.4 Å². The van der Waals surface area contributed by atoms with E-state index in [1.807, 2.05) is 12.1 Å². The minimum Gasteiger partial charge on any atom is -0.454 e. The Morgan fingerprint density at radius 3 is 2.48 bits per heavy atom. The molecule has 0 bridgehead atoms. The first-order valence-corrected chi connectivity index (χ1v) is 10.0. The average molecular weight is 388 g/mol. The largest absolute Gasteiger partial charge is 0.454 e. The van der Waals surface area contributed by atoms with Crippen LogP contribution in [0.2, 0.25) is 0 Å². The van der Waals surface area contributed by atoms with Crippen molar-refractivity contribution >= 4 is 15.9 Å². The van der Waals surface area contributed by atoms with Gasteiger partial charge in [0.15, 0.2) is 11.5 Å². The van der Waals surface area contributed by atoms with Crippen molar-refractivity contribution in [3.8, 4) is 11.5 Å². The summed E-state index contributed by atoms with van der Waals surface area (Å²) < 4.78 is 36.6. The molecule has 0 N–H and O–H groups in total. The maximum Gasteiger partial charge on any atom is 0.254 e. The number of amides is 1. The third-order valence-corrected chi connectivity index (χ3v) is 6.66. The predicted molar refractivity (Wildman–Crippen MR) is 98.3 cm³/mol. The van der Waals surface area contributed by atoms with E-state index in [1.165, 1.54) is 26.2 Å². The molecule has 0 atom stereocenters. The van der Waals surface area contributed by atoms with Gasteiger partial charge in [-0.25, -0.2) is 12.7 Å². The summed E-state index contributed by atoms with van der Waals surface area (Å²) in [7, 11) is -0.651. The monoisotopic (exact) mass is 388 g/mol. The lowest BCUT2D eigenvalue weighted by molar-refractivity contribution is 0.0734. The van der Waals surface area contributed by atoms with Crippen molar-refractivity contribution in [3.63, 3.8) is 0 Å². The molecular formula is C19H20N2O5S. The molecule has 2 aliphatic rings. The maximum absolute atomic E-state index is 13.0. The number of rotatable bonds is 3. The molecule has 2 aromatic carbocycles. The number of hydrogen-bond donors (Lipinski definition) is 0. The number of sulfonamides is 1. The van der Waals surface area contributed by atoms with Gasteiger partial charge in [0, 0.05) is 32.7 Å². The van der Waals surface area contributed by atoms with Crippen molar-refractivity contribution in [3.05, 3.63) is 53.1 Å². The first kappa shape index (κ1) is 17.8. The normalized spacial score (nSPS) is 15.7. The molecule has 27 heavy (non-hydrogen) atoms. The maximum atomic E-state index is 13.0. The predicted octanol–water partition coefficient (Wildman–Crippen LogP) is 1.86. The number of fused-ring (bicyclic) bond motifs is 2. The molecule has 1 amide bonds. The number of ether oxygens (including phenoxy) is 2. The third kappa shape index (κ3) is 3.15. The Hall–Kier alpha value is -2.58. The molecule has 8 heteroatoms. The van der Waals surface area contributed by atoms with Gasteiger partial charge in [-0.1, -0.05) is 6.07 Å². The molecule has 0 saturated heterocycles. The highest BCUT2D eigenvalue weighted by atomic mass is 32.2. The van der Waals surface area contributed by atoms with Gasteiger partial charge >= 0.3 is 0 Å². The van der Waals surface area contributed by atoms with Crippen LogP contribution >= 0.6 is 0 Å². The smallest absolute Gasteiger partial charge is 0.254 e. The fourth-order valence-electron chi connectivity index (χ4n) is 3.30. The number of carbonyl (C=O) groups excluding carboxylic acids is 1. The van der Waals surface area contributed by atoms with Crippen LogP contribution in [0.4, 0.5) is 0 Å². The van der Waals surface area contributed by atoms with E-state index in [0.29, 0.717) is 30.8 Å². The van der Waals surface area contributed by atoms with Crippen molar-refractivity contribution in [2.75, 3.05) is 27.4 Å². The number of carbonyl (C=O) groups is 1. The Kier molecular flexibility index (Phi) is 4.32. The van der Waals surface area contributed by atoms with Crippen molar-refractivity contribution in [1.29, 1.82) is 0 Å². The summed E-state index contributed by atoms with van der Waals surface area (Å²) in [5.41, 5.74) is 2.53. The van der Waals surface area contributed by atoms with Crippen LogP contribution in [0.25, 0.3) is 0 Å². The van der Waals surface area contributed by atoms with Crippen LogP contribution in [0.3, 0.4) is 0 Å². The Morgan fingerprint density at radius 1 is 1.07 bits per heavy atom. The molecule has 0 aromatic heterocycles. The van der Waals surface area contributed by atoms with Crippen molar-refractivity contribution in [2.24, 2.45) is 0 Å². The van der Waals surface area contributed by atoms with Gasteiger partial charge in [0.25, 0.3) is 5.91 Å². The molecule has 2 aromatic rings. The van der Waals surface area contributed by atoms with Crippen LogP contribution in [0.1, 0.15) is 21.5 Å². The Balaban J connectivity index is 1.59. The third-order valence-electron chi connectivity index (χ3n) is 4.85. The molecular weight excluding hydrogens is 368 g/mol. The highest BCUT2D eigenvalue weighted by molar-refractivity contribution is 7.89. The van der Waals surface area contributed by atoms with Gasteiger partial charge in [0.1, 0.15) is 0 Å². The molecule has 142 valence electrons. The van der Waals surface area contributed by atoms with Crippen LogP contribution in [0.15, 0.2) is 41.3 Å².